The summed E-state index contributed by atoms with van der Waals surface area (Å²) in [4.78, 5) is 26.2. The fourth-order valence-corrected chi connectivity index (χ4v) is 3.55. The van der Waals surface area contributed by atoms with Crippen LogP contribution in [0.3, 0.4) is 0 Å². The van der Waals surface area contributed by atoms with Gasteiger partial charge in [-0.05, 0) is 31.1 Å². The van der Waals surface area contributed by atoms with E-state index in [1.165, 1.54) is 0 Å². The molecule has 3 nitrogen and oxygen atoms in total. The quantitative estimate of drug-likeness (QED) is 0.740. The molecule has 1 saturated carbocycles. The Hall–Kier alpha value is -0.860. The average molecular weight is 237 g/mol. The van der Waals surface area contributed by atoms with Crippen LogP contribution >= 0.6 is 0 Å². The summed E-state index contributed by atoms with van der Waals surface area (Å²) in [5.41, 5.74) is -0.336. The monoisotopic (exact) mass is 237 g/mol. The Kier molecular flexibility index (Phi) is 2.64. The molecule has 96 valence electrons. The molecule has 2 bridgehead atoms. The van der Waals surface area contributed by atoms with Gasteiger partial charge in [0.05, 0.1) is 5.54 Å². The van der Waals surface area contributed by atoms with Crippen molar-refractivity contribution in [3.05, 3.63) is 0 Å². The first kappa shape index (κ1) is 12.6. The van der Waals surface area contributed by atoms with E-state index in [1.54, 1.807) is 4.90 Å². The Balaban J connectivity index is 2.32. The molecule has 2 rings (SSSR count). The average Bonchev–Trinajstić information content (AvgIpc) is 2.44. The van der Waals surface area contributed by atoms with Gasteiger partial charge in [0.1, 0.15) is 0 Å². The maximum absolute atomic E-state index is 12.3. The molecular weight excluding hydrogens is 214 g/mol. The second-order valence-corrected chi connectivity index (χ2v) is 6.75. The van der Waals surface area contributed by atoms with Crippen LogP contribution in [0.1, 0.15) is 53.9 Å². The van der Waals surface area contributed by atoms with E-state index >= 15 is 0 Å². The van der Waals surface area contributed by atoms with Gasteiger partial charge in [-0.3, -0.25) is 14.5 Å². The van der Waals surface area contributed by atoms with E-state index in [2.05, 4.69) is 20.8 Å². The third-order valence-electron chi connectivity index (χ3n) is 5.02. The minimum atomic E-state index is -0.263. The van der Waals surface area contributed by atoms with Crippen molar-refractivity contribution in [3.63, 3.8) is 0 Å². The van der Waals surface area contributed by atoms with Crippen LogP contribution < -0.4 is 0 Å². The molecule has 0 unspecified atom stereocenters. The maximum Gasteiger partial charge on any atom is 0.233 e. The highest BCUT2D eigenvalue weighted by Gasteiger charge is 2.66. The molecule has 2 aliphatic rings. The van der Waals surface area contributed by atoms with E-state index in [9.17, 15) is 9.59 Å². The van der Waals surface area contributed by atoms with Crippen LogP contribution in [0.5, 0.6) is 0 Å². The number of carbonyl (C=O) groups excluding carboxylic acids is 2. The lowest BCUT2D eigenvalue weighted by Gasteiger charge is -2.40. The van der Waals surface area contributed by atoms with Crippen LogP contribution in [0, 0.1) is 17.3 Å². The highest BCUT2D eigenvalue weighted by Crippen LogP contribution is 2.59. The van der Waals surface area contributed by atoms with Crippen molar-refractivity contribution in [1.82, 2.24) is 4.90 Å². The van der Waals surface area contributed by atoms with E-state index in [4.69, 9.17) is 0 Å². The molecule has 0 aromatic carbocycles. The summed E-state index contributed by atoms with van der Waals surface area (Å²) < 4.78 is 0. The number of hydrogen-bond acceptors (Lipinski definition) is 2. The summed E-state index contributed by atoms with van der Waals surface area (Å²) >= 11 is 0. The number of amides is 2. The van der Waals surface area contributed by atoms with Crippen LogP contribution in [0.25, 0.3) is 0 Å². The van der Waals surface area contributed by atoms with Gasteiger partial charge >= 0.3 is 0 Å². The molecule has 3 heteroatoms. The standard InChI is InChI=1S/C14H23NO2/c1-9(2)8-11(16)15-12(17)10-6-7-14(15,5)13(10,3)4/h9-10H,6-8H2,1-5H3/t10-,14-/m1/s1. The number of rotatable bonds is 2. The van der Waals surface area contributed by atoms with Crippen molar-refractivity contribution in [2.24, 2.45) is 17.3 Å². The zero-order valence-electron chi connectivity index (χ0n) is 11.5. The molecule has 0 spiro atoms. The van der Waals surface area contributed by atoms with Crippen LogP contribution in [0.15, 0.2) is 0 Å². The molecule has 2 amide bonds. The lowest BCUT2D eigenvalue weighted by Crippen LogP contribution is -2.52. The number of likely N-dealkylation sites (tertiary alicyclic amines) is 1. The van der Waals surface area contributed by atoms with E-state index in [0.717, 1.165) is 12.8 Å². The van der Waals surface area contributed by atoms with Crippen molar-refractivity contribution < 1.29 is 9.59 Å². The number of piperidine rings is 1. The first-order chi connectivity index (χ1) is 7.72. The SMILES string of the molecule is CC(C)CC(=O)N1C(=O)[C@H]2CC[C@]1(C)C2(C)C. The van der Waals surface area contributed by atoms with Gasteiger partial charge in [-0.25, -0.2) is 0 Å². The lowest BCUT2D eigenvalue weighted by molar-refractivity contribution is -0.151. The highest BCUT2D eigenvalue weighted by molar-refractivity contribution is 6.00. The Morgan fingerprint density at radius 1 is 1.41 bits per heavy atom. The zero-order chi connectivity index (χ0) is 13.0. The molecule has 17 heavy (non-hydrogen) atoms. The lowest BCUT2D eigenvalue weighted by atomic mass is 9.75. The number of hydrogen-bond donors (Lipinski definition) is 0. The first-order valence-corrected chi connectivity index (χ1v) is 6.58. The van der Waals surface area contributed by atoms with Crippen molar-refractivity contribution in [2.45, 2.75) is 59.4 Å². The predicted octanol–water partition coefficient (Wildman–Crippen LogP) is 2.60. The van der Waals surface area contributed by atoms with Gasteiger partial charge in [-0.1, -0.05) is 27.7 Å². The Labute approximate surface area is 104 Å². The van der Waals surface area contributed by atoms with Crippen molar-refractivity contribution in [1.29, 1.82) is 0 Å². The summed E-state index contributed by atoms with van der Waals surface area (Å²) in [5, 5.41) is 0. The van der Waals surface area contributed by atoms with Crippen LogP contribution in [-0.4, -0.2) is 22.3 Å². The van der Waals surface area contributed by atoms with Crippen LogP contribution in [0.2, 0.25) is 0 Å². The van der Waals surface area contributed by atoms with Gasteiger partial charge in [0.2, 0.25) is 11.8 Å². The molecule has 1 aliphatic carbocycles. The second-order valence-electron chi connectivity index (χ2n) is 6.75. The third-order valence-corrected chi connectivity index (χ3v) is 5.02. The van der Waals surface area contributed by atoms with Gasteiger partial charge in [0.15, 0.2) is 0 Å². The van der Waals surface area contributed by atoms with Crippen LogP contribution in [0.4, 0.5) is 0 Å². The van der Waals surface area contributed by atoms with Crippen molar-refractivity contribution in [3.8, 4) is 0 Å². The van der Waals surface area contributed by atoms with Gasteiger partial charge < -0.3 is 0 Å². The Morgan fingerprint density at radius 2 is 2.00 bits per heavy atom. The van der Waals surface area contributed by atoms with Crippen LogP contribution in [-0.2, 0) is 9.59 Å². The Bertz CT molecular complexity index is 372. The van der Waals surface area contributed by atoms with E-state index in [1.807, 2.05) is 13.8 Å². The number of imide groups is 1. The van der Waals surface area contributed by atoms with Crippen molar-refractivity contribution >= 4 is 11.8 Å². The molecule has 2 atom stereocenters. The normalized spacial score (nSPS) is 34.8. The summed E-state index contributed by atoms with van der Waals surface area (Å²) in [6.45, 7) is 10.4. The predicted molar refractivity (Wildman–Crippen MR) is 66.2 cm³/mol. The molecule has 1 heterocycles. The summed E-state index contributed by atoms with van der Waals surface area (Å²) in [7, 11) is 0. The zero-order valence-corrected chi connectivity index (χ0v) is 11.5. The highest BCUT2D eigenvalue weighted by atomic mass is 16.2. The first-order valence-electron chi connectivity index (χ1n) is 6.58. The van der Waals surface area contributed by atoms with E-state index in [-0.39, 0.29) is 28.7 Å². The summed E-state index contributed by atoms with van der Waals surface area (Å²) in [5.74, 6) is 0.432. The molecule has 0 N–H and O–H groups in total. The van der Waals surface area contributed by atoms with E-state index in [0.29, 0.717) is 12.3 Å². The van der Waals surface area contributed by atoms with Gasteiger partial charge in [-0.15, -0.1) is 0 Å². The van der Waals surface area contributed by atoms with Gasteiger partial charge in [0, 0.05) is 12.3 Å². The largest absolute Gasteiger partial charge is 0.276 e. The molecule has 1 aliphatic heterocycles. The smallest absolute Gasteiger partial charge is 0.233 e. The molecule has 1 saturated heterocycles. The van der Waals surface area contributed by atoms with Gasteiger partial charge in [0.25, 0.3) is 0 Å². The maximum atomic E-state index is 12.3. The molecule has 0 radical (unpaired) electrons. The molecular formula is C14H23NO2. The summed E-state index contributed by atoms with van der Waals surface area (Å²) in [6, 6.07) is 0. The summed E-state index contributed by atoms with van der Waals surface area (Å²) in [6.07, 6.45) is 2.37. The fraction of sp³-hybridized carbons (Fsp3) is 0.857. The van der Waals surface area contributed by atoms with Crippen molar-refractivity contribution in [2.75, 3.05) is 0 Å². The number of nitrogens with zero attached hydrogens (tertiary/aromatic N) is 1. The minimum Gasteiger partial charge on any atom is -0.276 e. The minimum absolute atomic E-state index is 0.0165. The number of fused-ring (bicyclic) bond motifs is 2. The van der Waals surface area contributed by atoms with Gasteiger partial charge in [-0.2, -0.15) is 0 Å². The molecule has 0 aromatic heterocycles. The third kappa shape index (κ3) is 1.47. The Morgan fingerprint density at radius 3 is 2.41 bits per heavy atom. The fourth-order valence-electron chi connectivity index (χ4n) is 3.55. The number of carbonyl (C=O) groups is 2. The molecule has 2 fully saturated rings. The topological polar surface area (TPSA) is 37.4 Å². The molecule has 0 aromatic rings. The van der Waals surface area contributed by atoms with E-state index < -0.39 is 0 Å². The second kappa shape index (κ2) is 3.56.